The van der Waals surface area contributed by atoms with Crippen molar-refractivity contribution in [3.05, 3.63) is 93.4 Å². The lowest BCUT2D eigenvalue weighted by Crippen LogP contribution is -2.27. The first-order valence-electron chi connectivity index (χ1n) is 10.2. The number of H-pyrrole nitrogens is 1. The summed E-state index contributed by atoms with van der Waals surface area (Å²) in [6.45, 7) is 0.467. The summed E-state index contributed by atoms with van der Waals surface area (Å²) in [6.07, 6.45) is -0.0325. The highest BCUT2D eigenvalue weighted by molar-refractivity contribution is 5.94. The summed E-state index contributed by atoms with van der Waals surface area (Å²) in [5, 5.41) is 15.1. The average Bonchev–Trinajstić information content (AvgIpc) is 2.82. The zero-order chi connectivity index (χ0) is 23.6. The second-order valence-electron chi connectivity index (χ2n) is 7.10. The molecule has 3 aromatic rings. The quantitative estimate of drug-likeness (QED) is 0.367. The number of halogens is 1. The van der Waals surface area contributed by atoms with Crippen molar-refractivity contribution in [3.63, 3.8) is 0 Å². The molecule has 0 aliphatic rings. The van der Waals surface area contributed by atoms with Crippen molar-refractivity contribution >= 4 is 12.0 Å². The van der Waals surface area contributed by atoms with Gasteiger partial charge in [-0.05, 0) is 29.7 Å². The molecule has 2 aromatic carbocycles. The summed E-state index contributed by atoms with van der Waals surface area (Å²) < 4.78 is 18.1. The maximum absolute atomic E-state index is 13.0. The molecule has 0 bridgehead atoms. The molecule has 0 atom stereocenters. The predicted molar refractivity (Wildman–Crippen MR) is 117 cm³/mol. The molecule has 1 heterocycles. The minimum Gasteiger partial charge on any atom is -0.501 e. The molecule has 0 fully saturated rings. The lowest BCUT2D eigenvalue weighted by atomic mass is 10.2. The first-order valence-corrected chi connectivity index (χ1v) is 10.2. The molecule has 0 saturated heterocycles. The standard InChI is InChI=1S/C23H23FN4O5/c24-17-10-8-16(9-11-17)13-25-21(30)19-20(29)22(31)28-18(27-19)7-4-12-33-23(32)26-14-15-5-2-1-3-6-15/h1-3,5-6,8-11,29H,4,7,12-14H2,(H,25,30)(H,26,32)(H,27,28,31). The van der Waals surface area contributed by atoms with Crippen LogP contribution in [0.4, 0.5) is 9.18 Å². The van der Waals surface area contributed by atoms with Gasteiger partial charge < -0.3 is 25.5 Å². The smallest absolute Gasteiger partial charge is 0.407 e. The van der Waals surface area contributed by atoms with E-state index in [4.69, 9.17) is 4.74 Å². The predicted octanol–water partition coefficient (Wildman–Crippen LogP) is 2.40. The number of rotatable bonds is 9. The van der Waals surface area contributed by atoms with Crippen LogP contribution in [0.1, 0.15) is 33.9 Å². The van der Waals surface area contributed by atoms with E-state index < -0.39 is 34.8 Å². The Morgan fingerprint density at radius 2 is 1.67 bits per heavy atom. The molecule has 1 aromatic heterocycles. The van der Waals surface area contributed by atoms with Crippen LogP contribution in [0, 0.1) is 5.82 Å². The zero-order valence-electron chi connectivity index (χ0n) is 17.6. The third-order valence-electron chi connectivity index (χ3n) is 4.60. The number of aryl methyl sites for hydroxylation is 1. The summed E-state index contributed by atoms with van der Waals surface area (Å²) in [4.78, 5) is 42.5. The van der Waals surface area contributed by atoms with E-state index in [0.717, 1.165) is 5.56 Å². The Morgan fingerprint density at radius 1 is 1.00 bits per heavy atom. The Balaban J connectivity index is 1.48. The van der Waals surface area contributed by atoms with Gasteiger partial charge in [-0.15, -0.1) is 0 Å². The number of carbonyl (C=O) groups excluding carboxylic acids is 2. The van der Waals surface area contributed by atoms with Crippen molar-refractivity contribution in [2.75, 3.05) is 6.61 Å². The van der Waals surface area contributed by atoms with E-state index in [-0.39, 0.29) is 25.4 Å². The second kappa shape index (κ2) is 11.4. The number of alkyl carbamates (subject to hydrolysis) is 1. The van der Waals surface area contributed by atoms with E-state index in [0.29, 0.717) is 18.5 Å². The molecule has 10 heteroatoms. The van der Waals surface area contributed by atoms with Gasteiger partial charge in [-0.1, -0.05) is 42.5 Å². The average molecular weight is 454 g/mol. The lowest BCUT2D eigenvalue weighted by Gasteiger charge is -2.09. The zero-order valence-corrected chi connectivity index (χ0v) is 17.6. The first kappa shape index (κ1) is 23.5. The fourth-order valence-electron chi connectivity index (χ4n) is 2.88. The molecule has 9 nitrogen and oxygen atoms in total. The van der Waals surface area contributed by atoms with Crippen molar-refractivity contribution in [1.82, 2.24) is 20.6 Å². The maximum Gasteiger partial charge on any atom is 0.407 e. The number of aromatic hydroxyl groups is 1. The van der Waals surface area contributed by atoms with Crippen LogP contribution in [0.25, 0.3) is 0 Å². The molecule has 0 aliphatic heterocycles. The fourth-order valence-corrected chi connectivity index (χ4v) is 2.88. The highest BCUT2D eigenvalue weighted by Crippen LogP contribution is 2.10. The molecular weight excluding hydrogens is 431 g/mol. The number of benzene rings is 2. The number of aromatic nitrogens is 2. The van der Waals surface area contributed by atoms with Crippen LogP contribution < -0.4 is 16.2 Å². The van der Waals surface area contributed by atoms with Gasteiger partial charge in [0.25, 0.3) is 11.5 Å². The van der Waals surface area contributed by atoms with Crippen LogP contribution in [-0.4, -0.2) is 33.7 Å². The molecule has 0 spiro atoms. The monoisotopic (exact) mass is 454 g/mol. The number of amides is 2. The number of hydrogen-bond acceptors (Lipinski definition) is 6. The van der Waals surface area contributed by atoms with Crippen molar-refractivity contribution < 1.29 is 23.8 Å². The van der Waals surface area contributed by atoms with Gasteiger partial charge in [0.2, 0.25) is 5.75 Å². The topological polar surface area (TPSA) is 133 Å². The summed E-state index contributed by atoms with van der Waals surface area (Å²) in [5.74, 6) is -1.79. The largest absolute Gasteiger partial charge is 0.501 e. The first-order chi connectivity index (χ1) is 15.9. The van der Waals surface area contributed by atoms with Crippen molar-refractivity contribution in [2.24, 2.45) is 0 Å². The maximum atomic E-state index is 13.0. The highest BCUT2D eigenvalue weighted by atomic mass is 19.1. The molecule has 0 aliphatic carbocycles. The normalized spacial score (nSPS) is 10.5. The third-order valence-corrected chi connectivity index (χ3v) is 4.60. The number of aromatic amines is 1. The van der Waals surface area contributed by atoms with E-state index >= 15 is 0 Å². The van der Waals surface area contributed by atoms with Crippen LogP contribution >= 0.6 is 0 Å². The van der Waals surface area contributed by atoms with Crippen molar-refractivity contribution in [2.45, 2.75) is 25.9 Å². The Labute approximate surface area is 188 Å². The van der Waals surface area contributed by atoms with Gasteiger partial charge in [0.05, 0.1) is 6.61 Å². The molecule has 3 rings (SSSR count). The molecule has 0 radical (unpaired) electrons. The molecule has 33 heavy (non-hydrogen) atoms. The van der Waals surface area contributed by atoms with Crippen LogP contribution in [0.15, 0.2) is 59.4 Å². The molecule has 0 unspecified atom stereocenters. The van der Waals surface area contributed by atoms with Gasteiger partial charge in [-0.2, -0.15) is 0 Å². The van der Waals surface area contributed by atoms with Gasteiger partial charge >= 0.3 is 6.09 Å². The summed E-state index contributed by atoms with van der Waals surface area (Å²) >= 11 is 0. The van der Waals surface area contributed by atoms with Crippen LogP contribution in [-0.2, 0) is 24.2 Å². The Bertz CT molecular complexity index is 1150. The Kier molecular flexibility index (Phi) is 8.12. The van der Waals surface area contributed by atoms with Gasteiger partial charge in [0, 0.05) is 19.5 Å². The van der Waals surface area contributed by atoms with Gasteiger partial charge in [-0.3, -0.25) is 9.59 Å². The number of ether oxygens (including phenoxy) is 1. The fraction of sp³-hybridized carbons (Fsp3) is 0.217. The van der Waals surface area contributed by atoms with Crippen LogP contribution in [0.3, 0.4) is 0 Å². The number of hydrogen-bond donors (Lipinski definition) is 4. The van der Waals surface area contributed by atoms with Crippen LogP contribution in [0.2, 0.25) is 0 Å². The minimum absolute atomic E-state index is 0.0638. The van der Waals surface area contributed by atoms with E-state index in [1.807, 2.05) is 30.3 Å². The van der Waals surface area contributed by atoms with Crippen molar-refractivity contribution in [1.29, 1.82) is 0 Å². The van der Waals surface area contributed by atoms with Gasteiger partial charge in [0.1, 0.15) is 11.6 Å². The van der Waals surface area contributed by atoms with Gasteiger partial charge in [-0.25, -0.2) is 14.2 Å². The highest BCUT2D eigenvalue weighted by Gasteiger charge is 2.18. The lowest BCUT2D eigenvalue weighted by molar-refractivity contribution is 0.0942. The summed E-state index contributed by atoms with van der Waals surface area (Å²) in [6, 6.07) is 14.9. The van der Waals surface area contributed by atoms with E-state index in [9.17, 15) is 23.9 Å². The summed E-state index contributed by atoms with van der Waals surface area (Å²) in [7, 11) is 0. The molecular formula is C23H23FN4O5. The minimum atomic E-state index is -0.853. The number of nitrogens with one attached hydrogen (secondary N) is 3. The summed E-state index contributed by atoms with van der Waals surface area (Å²) in [5.41, 5.74) is 0.299. The SMILES string of the molecule is O=C(NCc1ccccc1)OCCCc1nc(C(=O)NCc2ccc(F)cc2)c(O)c(=O)[nH]1. The van der Waals surface area contributed by atoms with Crippen molar-refractivity contribution in [3.8, 4) is 5.75 Å². The number of nitrogens with zero attached hydrogens (tertiary/aromatic N) is 1. The van der Waals surface area contributed by atoms with E-state index in [1.165, 1.54) is 24.3 Å². The van der Waals surface area contributed by atoms with Crippen LogP contribution in [0.5, 0.6) is 5.75 Å². The van der Waals surface area contributed by atoms with E-state index in [2.05, 4.69) is 20.6 Å². The Morgan fingerprint density at radius 3 is 2.39 bits per heavy atom. The Hall–Kier alpha value is -4.21. The second-order valence-corrected chi connectivity index (χ2v) is 7.10. The van der Waals surface area contributed by atoms with E-state index in [1.54, 1.807) is 0 Å². The third kappa shape index (κ3) is 7.17. The molecule has 172 valence electrons. The molecule has 2 amide bonds. The molecule has 4 N–H and O–H groups in total. The molecule has 0 saturated carbocycles. The van der Waals surface area contributed by atoms with Gasteiger partial charge in [0.15, 0.2) is 5.69 Å². The number of carbonyl (C=O) groups is 2.